The topological polar surface area (TPSA) is 29.5 Å². The Morgan fingerprint density at radius 2 is 1.83 bits per heavy atom. The fraction of sp³-hybridized carbons (Fsp3) is 0.385. The second-order valence-electron chi connectivity index (χ2n) is 3.58. The molecule has 0 radical (unpaired) electrons. The van der Waals surface area contributed by atoms with E-state index in [1.165, 1.54) is 0 Å². The van der Waals surface area contributed by atoms with Crippen molar-refractivity contribution in [2.45, 2.75) is 19.2 Å². The zero-order valence-electron chi connectivity index (χ0n) is 9.63. The molecule has 0 amide bonds. The number of halogens is 3. The van der Waals surface area contributed by atoms with E-state index in [0.717, 1.165) is 5.56 Å². The first kappa shape index (κ1) is 14.6. The highest BCUT2D eigenvalue weighted by molar-refractivity contribution is 5.35. The minimum Gasteiger partial charge on any atom is -0.395 e. The number of ether oxygens (including phenoxy) is 1. The molecule has 18 heavy (non-hydrogen) atoms. The van der Waals surface area contributed by atoms with Crippen LogP contribution in [0.25, 0.3) is 0 Å². The summed E-state index contributed by atoms with van der Waals surface area (Å²) in [7, 11) is 0. The van der Waals surface area contributed by atoms with E-state index in [-0.39, 0.29) is 13.2 Å². The van der Waals surface area contributed by atoms with E-state index in [9.17, 15) is 13.2 Å². The van der Waals surface area contributed by atoms with Gasteiger partial charge in [0.25, 0.3) is 0 Å². The van der Waals surface area contributed by atoms with Gasteiger partial charge < -0.3 is 9.84 Å². The predicted molar refractivity (Wildman–Crippen MR) is 60.7 cm³/mol. The monoisotopic (exact) mass is 258 g/mol. The van der Waals surface area contributed by atoms with Crippen molar-refractivity contribution in [2.24, 2.45) is 0 Å². The van der Waals surface area contributed by atoms with Crippen LogP contribution < -0.4 is 0 Å². The molecular formula is C13H13F3O2. The average Bonchev–Trinajstić information content (AvgIpc) is 2.30. The van der Waals surface area contributed by atoms with E-state index < -0.39 is 12.8 Å². The van der Waals surface area contributed by atoms with E-state index in [2.05, 4.69) is 16.6 Å². The summed E-state index contributed by atoms with van der Waals surface area (Å²) in [5.74, 6) is 5.58. The van der Waals surface area contributed by atoms with Crippen LogP contribution in [0.15, 0.2) is 24.3 Å². The van der Waals surface area contributed by atoms with Gasteiger partial charge in [0.1, 0.15) is 6.61 Å². The lowest BCUT2D eigenvalue weighted by Crippen LogP contribution is -2.16. The molecule has 1 N–H and O–H groups in total. The lowest BCUT2D eigenvalue weighted by molar-refractivity contribution is -0.176. The molecule has 0 unspecified atom stereocenters. The number of benzene rings is 1. The van der Waals surface area contributed by atoms with Gasteiger partial charge in [-0.2, -0.15) is 13.2 Å². The van der Waals surface area contributed by atoms with Crippen LogP contribution >= 0.6 is 0 Å². The van der Waals surface area contributed by atoms with Crippen molar-refractivity contribution in [3.8, 4) is 11.8 Å². The molecule has 0 heterocycles. The van der Waals surface area contributed by atoms with Gasteiger partial charge in [-0.25, -0.2) is 0 Å². The number of aliphatic hydroxyl groups is 1. The smallest absolute Gasteiger partial charge is 0.395 e. The van der Waals surface area contributed by atoms with Crippen LogP contribution in [-0.2, 0) is 11.3 Å². The van der Waals surface area contributed by atoms with Crippen LogP contribution in [-0.4, -0.2) is 24.5 Å². The first-order valence-corrected chi connectivity index (χ1v) is 5.34. The Morgan fingerprint density at radius 3 is 2.39 bits per heavy atom. The van der Waals surface area contributed by atoms with Crippen LogP contribution in [0.3, 0.4) is 0 Å². The van der Waals surface area contributed by atoms with Gasteiger partial charge in [-0.05, 0) is 17.7 Å². The summed E-state index contributed by atoms with van der Waals surface area (Å²) in [6.07, 6.45) is -3.90. The van der Waals surface area contributed by atoms with Crippen molar-refractivity contribution in [1.29, 1.82) is 0 Å². The highest BCUT2D eigenvalue weighted by Crippen LogP contribution is 2.15. The van der Waals surface area contributed by atoms with Crippen molar-refractivity contribution >= 4 is 0 Å². The molecule has 0 saturated heterocycles. The predicted octanol–water partition coefficient (Wildman–Crippen LogP) is 2.50. The maximum Gasteiger partial charge on any atom is 0.411 e. The summed E-state index contributed by atoms with van der Waals surface area (Å²) in [5.41, 5.74) is 1.41. The maximum absolute atomic E-state index is 11.8. The van der Waals surface area contributed by atoms with Crippen molar-refractivity contribution in [2.75, 3.05) is 13.2 Å². The number of aliphatic hydroxyl groups excluding tert-OH is 1. The van der Waals surface area contributed by atoms with Crippen LogP contribution in [0.5, 0.6) is 0 Å². The Labute approximate surface area is 103 Å². The third-order valence-corrected chi connectivity index (χ3v) is 1.96. The van der Waals surface area contributed by atoms with Gasteiger partial charge in [-0.1, -0.05) is 24.0 Å². The highest BCUT2D eigenvalue weighted by Gasteiger charge is 2.27. The largest absolute Gasteiger partial charge is 0.411 e. The van der Waals surface area contributed by atoms with Gasteiger partial charge in [0.05, 0.1) is 13.2 Å². The molecular weight excluding hydrogens is 245 g/mol. The first-order chi connectivity index (χ1) is 8.51. The Hall–Kier alpha value is -1.51. The standard InChI is InChI=1S/C13H13F3O2/c14-13(15,16)10-18-9-12-6-4-11(5-7-12)3-1-2-8-17/h4-7,17H,2,8-10H2. The third kappa shape index (κ3) is 6.28. The average molecular weight is 258 g/mol. The minimum absolute atomic E-state index is 0.0103. The van der Waals surface area contributed by atoms with Gasteiger partial charge in [-0.15, -0.1) is 0 Å². The molecule has 0 spiro atoms. The SMILES string of the molecule is OCCC#Cc1ccc(COCC(F)(F)F)cc1. The van der Waals surface area contributed by atoms with Gasteiger partial charge in [-0.3, -0.25) is 0 Å². The lowest BCUT2D eigenvalue weighted by atomic mass is 10.1. The van der Waals surface area contributed by atoms with E-state index in [4.69, 9.17) is 5.11 Å². The molecule has 2 nitrogen and oxygen atoms in total. The van der Waals surface area contributed by atoms with E-state index in [1.54, 1.807) is 24.3 Å². The van der Waals surface area contributed by atoms with Gasteiger partial charge >= 0.3 is 6.18 Å². The fourth-order valence-electron chi connectivity index (χ4n) is 1.19. The molecule has 0 aliphatic rings. The van der Waals surface area contributed by atoms with Gasteiger partial charge in [0.15, 0.2) is 0 Å². The molecule has 0 aromatic heterocycles. The lowest BCUT2D eigenvalue weighted by Gasteiger charge is -2.07. The van der Waals surface area contributed by atoms with Crippen LogP contribution in [0.4, 0.5) is 13.2 Å². The summed E-state index contributed by atoms with van der Waals surface area (Å²) in [5, 5.41) is 8.54. The van der Waals surface area contributed by atoms with E-state index in [1.807, 2.05) is 0 Å². The quantitative estimate of drug-likeness (QED) is 0.841. The zero-order valence-corrected chi connectivity index (χ0v) is 9.63. The van der Waals surface area contributed by atoms with Crippen LogP contribution in [0.1, 0.15) is 17.5 Å². The van der Waals surface area contributed by atoms with Crippen molar-refractivity contribution in [3.63, 3.8) is 0 Å². The molecule has 0 aliphatic carbocycles. The van der Waals surface area contributed by atoms with Crippen molar-refractivity contribution in [3.05, 3.63) is 35.4 Å². The molecule has 1 aromatic rings. The fourth-order valence-corrected chi connectivity index (χ4v) is 1.19. The molecule has 1 rings (SSSR count). The van der Waals surface area contributed by atoms with Crippen molar-refractivity contribution in [1.82, 2.24) is 0 Å². The normalized spacial score (nSPS) is 10.9. The summed E-state index contributed by atoms with van der Waals surface area (Å²) in [6, 6.07) is 6.74. The molecule has 98 valence electrons. The second kappa shape index (κ2) is 7.04. The molecule has 5 heteroatoms. The molecule has 0 saturated carbocycles. The molecule has 0 aliphatic heterocycles. The van der Waals surface area contributed by atoms with Crippen LogP contribution in [0.2, 0.25) is 0 Å². The number of hydrogen-bond acceptors (Lipinski definition) is 2. The first-order valence-electron chi connectivity index (χ1n) is 5.34. The third-order valence-electron chi connectivity index (χ3n) is 1.96. The van der Waals surface area contributed by atoms with E-state index >= 15 is 0 Å². The zero-order chi connectivity index (χ0) is 13.4. The Kier molecular flexibility index (Phi) is 5.69. The Morgan fingerprint density at radius 1 is 1.17 bits per heavy atom. The number of hydrogen-bond donors (Lipinski definition) is 1. The van der Waals surface area contributed by atoms with Crippen molar-refractivity contribution < 1.29 is 23.0 Å². The molecule has 1 aromatic carbocycles. The molecule has 0 atom stereocenters. The molecule has 0 bridgehead atoms. The summed E-state index contributed by atoms with van der Waals surface area (Å²) < 4.78 is 40.0. The Bertz CT molecular complexity index is 413. The van der Waals surface area contributed by atoms with Gasteiger partial charge in [0, 0.05) is 12.0 Å². The maximum atomic E-state index is 11.8. The van der Waals surface area contributed by atoms with E-state index in [0.29, 0.717) is 12.0 Å². The summed E-state index contributed by atoms with van der Waals surface area (Å²) in [4.78, 5) is 0. The van der Waals surface area contributed by atoms with Gasteiger partial charge in [0.2, 0.25) is 0 Å². The second-order valence-corrected chi connectivity index (χ2v) is 3.58. The minimum atomic E-state index is -4.30. The van der Waals surface area contributed by atoms with Crippen LogP contribution in [0, 0.1) is 11.8 Å². The highest BCUT2D eigenvalue weighted by atomic mass is 19.4. The summed E-state index contributed by atoms with van der Waals surface area (Å²) >= 11 is 0. The summed E-state index contributed by atoms with van der Waals surface area (Å²) in [6.45, 7) is -1.31. The number of alkyl halides is 3. The molecule has 0 fully saturated rings. The Balaban J connectivity index is 2.44. The number of rotatable bonds is 4.